The molecule has 0 unspecified atom stereocenters. The molecule has 1 N–H and O–H groups in total. The Balaban J connectivity index is 0.00000192. The molecule has 1 aromatic carbocycles. The van der Waals surface area contributed by atoms with Crippen molar-refractivity contribution in [2.24, 2.45) is 0 Å². The quantitative estimate of drug-likeness (QED) is 0.873. The molecule has 1 fully saturated rings. The predicted molar refractivity (Wildman–Crippen MR) is 95.8 cm³/mol. The lowest BCUT2D eigenvalue weighted by Crippen LogP contribution is -2.45. The van der Waals surface area contributed by atoms with E-state index in [2.05, 4.69) is 10.2 Å². The summed E-state index contributed by atoms with van der Waals surface area (Å²) in [5.41, 5.74) is 0.588. The van der Waals surface area contributed by atoms with Crippen molar-refractivity contribution in [2.45, 2.75) is 6.04 Å². The Kier molecular flexibility index (Phi) is 6.68. The molecule has 0 spiro atoms. The molecular formula is C16H19Cl2FN2OS. The molecule has 2 aromatic rings. The van der Waals surface area contributed by atoms with Crippen LogP contribution in [0.2, 0.25) is 4.34 Å². The van der Waals surface area contributed by atoms with E-state index in [0.29, 0.717) is 15.6 Å². The first-order valence-corrected chi connectivity index (χ1v) is 8.42. The minimum absolute atomic E-state index is 0. The van der Waals surface area contributed by atoms with E-state index in [1.165, 1.54) is 17.4 Å². The standard InChI is InChI=1S/C16H18ClFN2OS.ClH/c1-21-12-4-2-3-11(18)15(12)16(13-5-6-14(17)22-13)20-9-7-19-8-10-20;/h2-6,16,19H,7-10H2,1H3;1H/t16-;/m0./s1. The summed E-state index contributed by atoms with van der Waals surface area (Å²) in [6, 6.07) is 8.64. The second-order valence-electron chi connectivity index (χ2n) is 5.19. The monoisotopic (exact) mass is 376 g/mol. The SMILES string of the molecule is COc1cccc(F)c1[C@H](c1ccc(Cl)s1)N1CCNCC1.Cl. The first-order chi connectivity index (χ1) is 10.7. The van der Waals surface area contributed by atoms with Crippen LogP contribution in [-0.2, 0) is 0 Å². The zero-order valence-corrected chi connectivity index (χ0v) is 15.1. The minimum Gasteiger partial charge on any atom is -0.496 e. The smallest absolute Gasteiger partial charge is 0.132 e. The van der Waals surface area contributed by atoms with Crippen LogP contribution >= 0.6 is 35.3 Å². The van der Waals surface area contributed by atoms with Crippen LogP contribution < -0.4 is 10.1 Å². The Hall–Kier alpha value is -0.850. The highest BCUT2D eigenvalue weighted by Crippen LogP contribution is 2.40. The third kappa shape index (κ3) is 3.98. The van der Waals surface area contributed by atoms with E-state index in [4.69, 9.17) is 16.3 Å². The normalized spacial score (nSPS) is 16.7. The number of nitrogens with zero attached hydrogens (tertiary/aromatic N) is 1. The zero-order valence-electron chi connectivity index (χ0n) is 12.7. The number of rotatable bonds is 4. The van der Waals surface area contributed by atoms with Crippen molar-refractivity contribution in [1.82, 2.24) is 10.2 Å². The van der Waals surface area contributed by atoms with Crippen LogP contribution in [0.4, 0.5) is 4.39 Å². The van der Waals surface area contributed by atoms with E-state index < -0.39 is 0 Å². The molecule has 1 saturated heterocycles. The Morgan fingerprint density at radius 2 is 2.00 bits per heavy atom. The molecule has 0 amide bonds. The predicted octanol–water partition coefficient (Wildman–Crippen LogP) is 3.97. The van der Waals surface area contributed by atoms with Gasteiger partial charge in [0.2, 0.25) is 0 Å². The van der Waals surface area contributed by atoms with Crippen molar-refractivity contribution >= 4 is 35.3 Å². The number of thiophene rings is 1. The molecule has 0 saturated carbocycles. The molecule has 3 rings (SSSR count). The van der Waals surface area contributed by atoms with Crippen LogP contribution in [0.3, 0.4) is 0 Å². The zero-order chi connectivity index (χ0) is 15.5. The number of hydrogen-bond acceptors (Lipinski definition) is 4. The second kappa shape index (κ2) is 8.31. The van der Waals surface area contributed by atoms with E-state index in [1.54, 1.807) is 13.2 Å². The number of halogens is 3. The van der Waals surface area contributed by atoms with Crippen LogP contribution in [0.15, 0.2) is 30.3 Å². The first kappa shape index (κ1) is 18.5. The van der Waals surface area contributed by atoms with Crippen molar-refractivity contribution in [2.75, 3.05) is 33.3 Å². The lowest BCUT2D eigenvalue weighted by molar-refractivity contribution is 0.194. The molecule has 23 heavy (non-hydrogen) atoms. The van der Waals surface area contributed by atoms with Gasteiger partial charge in [-0.15, -0.1) is 23.7 Å². The highest BCUT2D eigenvalue weighted by Gasteiger charge is 2.30. The third-order valence-corrected chi connectivity index (χ3v) is 5.17. The number of ether oxygens (including phenoxy) is 1. The molecule has 1 aromatic heterocycles. The van der Waals surface area contributed by atoms with Gasteiger partial charge in [-0.05, 0) is 24.3 Å². The largest absolute Gasteiger partial charge is 0.496 e. The molecule has 2 heterocycles. The van der Waals surface area contributed by atoms with Crippen molar-refractivity contribution in [3.63, 3.8) is 0 Å². The molecule has 126 valence electrons. The van der Waals surface area contributed by atoms with Crippen molar-refractivity contribution < 1.29 is 9.13 Å². The van der Waals surface area contributed by atoms with E-state index >= 15 is 0 Å². The fourth-order valence-corrected chi connectivity index (χ4v) is 4.09. The van der Waals surface area contributed by atoms with Crippen LogP contribution in [0, 0.1) is 5.82 Å². The first-order valence-electron chi connectivity index (χ1n) is 7.23. The fraction of sp³-hybridized carbons (Fsp3) is 0.375. The Morgan fingerprint density at radius 1 is 1.26 bits per heavy atom. The second-order valence-corrected chi connectivity index (χ2v) is 6.93. The molecule has 0 radical (unpaired) electrons. The molecule has 0 aliphatic carbocycles. The lowest BCUT2D eigenvalue weighted by atomic mass is 10.0. The molecular weight excluding hydrogens is 358 g/mol. The molecule has 0 bridgehead atoms. The van der Waals surface area contributed by atoms with E-state index in [9.17, 15) is 4.39 Å². The van der Waals surface area contributed by atoms with Gasteiger partial charge >= 0.3 is 0 Å². The summed E-state index contributed by atoms with van der Waals surface area (Å²) in [6.45, 7) is 3.51. The Bertz CT molecular complexity index is 647. The Morgan fingerprint density at radius 3 is 2.61 bits per heavy atom. The number of piperazine rings is 1. The summed E-state index contributed by atoms with van der Waals surface area (Å²) in [7, 11) is 1.58. The lowest BCUT2D eigenvalue weighted by Gasteiger charge is -2.35. The van der Waals surface area contributed by atoms with Crippen LogP contribution in [0.25, 0.3) is 0 Å². The third-order valence-electron chi connectivity index (χ3n) is 3.89. The molecule has 1 atom stereocenters. The van der Waals surface area contributed by atoms with Gasteiger partial charge < -0.3 is 10.1 Å². The maximum atomic E-state index is 14.6. The van der Waals surface area contributed by atoms with Crippen LogP contribution in [0.1, 0.15) is 16.5 Å². The van der Waals surface area contributed by atoms with E-state index in [1.807, 2.05) is 18.2 Å². The number of benzene rings is 1. The number of nitrogens with one attached hydrogen (secondary N) is 1. The Labute approximate surface area is 150 Å². The van der Waals surface area contributed by atoms with Crippen LogP contribution in [-0.4, -0.2) is 38.2 Å². The maximum Gasteiger partial charge on any atom is 0.132 e. The molecule has 1 aliphatic heterocycles. The van der Waals surface area contributed by atoms with Gasteiger partial charge in [0.25, 0.3) is 0 Å². The number of methoxy groups -OCH3 is 1. The molecule has 3 nitrogen and oxygen atoms in total. The van der Waals surface area contributed by atoms with Gasteiger partial charge in [-0.25, -0.2) is 4.39 Å². The van der Waals surface area contributed by atoms with Gasteiger partial charge in [0, 0.05) is 31.1 Å². The highest BCUT2D eigenvalue weighted by atomic mass is 35.5. The van der Waals surface area contributed by atoms with Crippen molar-refractivity contribution in [1.29, 1.82) is 0 Å². The van der Waals surface area contributed by atoms with Gasteiger partial charge in [-0.2, -0.15) is 0 Å². The maximum absolute atomic E-state index is 14.6. The minimum atomic E-state index is -0.243. The van der Waals surface area contributed by atoms with E-state index in [0.717, 1.165) is 31.1 Å². The van der Waals surface area contributed by atoms with Crippen molar-refractivity contribution in [3.8, 4) is 5.75 Å². The summed E-state index contributed by atoms with van der Waals surface area (Å²) in [6.07, 6.45) is 0. The molecule has 7 heteroatoms. The summed E-state index contributed by atoms with van der Waals surface area (Å²) in [5, 5.41) is 3.33. The highest BCUT2D eigenvalue weighted by molar-refractivity contribution is 7.16. The number of hydrogen-bond donors (Lipinski definition) is 1. The van der Waals surface area contributed by atoms with Gasteiger partial charge in [0.15, 0.2) is 0 Å². The summed E-state index contributed by atoms with van der Waals surface area (Å²) in [5.74, 6) is 0.334. The van der Waals surface area contributed by atoms with Gasteiger partial charge in [0.1, 0.15) is 11.6 Å². The summed E-state index contributed by atoms with van der Waals surface area (Å²) >= 11 is 7.60. The van der Waals surface area contributed by atoms with E-state index in [-0.39, 0.29) is 24.3 Å². The average Bonchev–Trinajstić information content (AvgIpc) is 2.96. The summed E-state index contributed by atoms with van der Waals surface area (Å²) in [4.78, 5) is 3.31. The van der Waals surface area contributed by atoms with Crippen LogP contribution in [0.5, 0.6) is 5.75 Å². The molecule has 1 aliphatic rings. The van der Waals surface area contributed by atoms with Gasteiger partial charge in [0.05, 0.1) is 23.1 Å². The topological polar surface area (TPSA) is 24.5 Å². The fourth-order valence-electron chi connectivity index (χ4n) is 2.88. The average molecular weight is 377 g/mol. The van der Waals surface area contributed by atoms with Gasteiger partial charge in [-0.1, -0.05) is 17.7 Å². The van der Waals surface area contributed by atoms with Crippen molar-refractivity contribution in [3.05, 3.63) is 50.9 Å². The summed E-state index contributed by atoms with van der Waals surface area (Å²) < 4.78 is 20.7. The van der Waals surface area contributed by atoms with Gasteiger partial charge in [-0.3, -0.25) is 4.90 Å².